The van der Waals surface area contributed by atoms with E-state index in [1.165, 1.54) is 4.90 Å². The molecule has 1 heterocycles. The lowest BCUT2D eigenvalue weighted by atomic mass is 10.1. The summed E-state index contributed by atoms with van der Waals surface area (Å²) >= 11 is 0. The molecule has 28 heavy (non-hydrogen) atoms. The Balaban J connectivity index is 2.08. The van der Waals surface area contributed by atoms with Crippen LogP contribution in [0.5, 0.6) is 0 Å². The minimum absolute atomic E-state index is 0.207. The highest BCUT2D eigenvalue weighted by Crippen LogP contribution is 2.23. The van der Waals surface area contributed by atoms with Crippen LogP contribution < -0.4 is 15.5 Å². The molecule has 0 atom stereocenters. The van der Waals surface area contributed by atoms with Crippen LogP contribution in [0.1, 0.15) is 35.5 Å². The maximum absolute atomic E-state index is 12.7. The standard InChI is InChI=1S/C21H29N5O2/c1-6-26(7-2)18-8-9-19(15(3)12-18)24-20(27)16-10-11-22-17(13-16)14-23-21(28)25(4)5/h8-13H,6-7,14H2,1-5H3,(H,23,28)(H,24,27). The quantitative estimate of drug-likeness (QED) is 0.769. The van der Waals surface area contributed by atoms with Gasteiger partial charge in [-0.2, -0.15) is 0 Å². The summed E-state index contributed by atoms with van der Waals surface area (Å²) in [6.07, 6.45) is 1.57. The van der Waals surface area contributed by atoms with Gasteiger partial charge in [-0.15, -0.1) is 0 Å². The second-order valence-electron chi connectivity index (χ2n) is 6.71. The fraction of sp³-hybridized carbons (Fsp3) is 0.381. The number of aryl methyl sites for hydroxylation is 1. The third-order valence-corrected chi connectivity index (χ3v) is 4.49. The van der Waals surface area contributed by atoms with Gasteiger partial charge in [0.05, 0.1) is 12.2 Å². The Kier molecular flexibility index (Phi) is 7.37. The van der Waals surface area contributed by atoms with Gasteiger partial charge in [0.2, 0.25) is 0 Å². The number of carbonyl (C=O) groups is 2. The SMILES string of the molecule is CCN(CC)c1ccc(NC(=O)c2ccnc(CNC(=O)N(C)C)c2)c(C)c1. The highest BCUT2D eigenvalue weighted by atomic mass is 16.2. The molecule has 2 rings (SSSR count). The van der Waals surface area contributed by atoms with E-state index in [0.717, 1.165) is 30.0 Å². The van der Waals surface area contributed by atoms with Crippen LogP contribution in [0.4, 0.5) is 16.2 Å². The van der Waals surface area contributed by atoms with Gasteiger partial charge in [0.15, 0.2) is 0 Å². The largest absolute Gasteiger partial charge is 0.372 e. The molecule has 7 nitrogen and oxygen atoms in total. The first kappa shape index (κ1) is 21.2. The predicted molar refractivity (Wildman–Crippen MR) is 113 cm³/mol. The van der Waals surface area contributed by atoms with Crippen molar-refractivity contribution in [1.29, 1.82) is 0 Å². The zero-order valence-electron chi connectivity index (χ0n) is 17.2. The minimum Gasteiger partial charge on any atom is -0.372 e. The molecule has 2 aromatic rings. The summed E-state index contributed by atoms with van der Waals surface area (Å²) in [6, 6.07) is 9.17. The Morgan fingerprint density at radius 1 is 1.07 bits per heavy atom. The molecule has 1 aromatic carbocycles. The molecular weight excluding hydrogens is 354 g/mol. The van der Waals surface area contributed by atoms with Gasteiger partial charge in [-0.3, -0.25) is 9.78 Å². The molecule has 0 unspecified atom stereocenters. The van der Waals surface area contributed by atoms with Crippen LogP contribution in [0.3, 0.4) is 0 Å². The van der Waals surface area contributed by atoms with E-state index >= 15 is 0 Å². The molecule has 0 aliphatic carbocycles. The average molecular weight is 383 g/mol. The van der Waals surface area contributed by atoms with Crippen LogP contribution in [0.25, 0.3) is 0 Å². The number of nitrogens with one attached hydrogen (secondary N) is 2. The second kappa shape index (κ2) is 9.73. The Morgan fingerprint density at radius 3 is 2.39 bits per heavy atom. The van der Waals surface area contributed by atoms with Crippen molar-refractivity contribution in [2.75, 3.05) is 37.4 Å². The molecule has 0 saturated heterocycles. The van der Waals surface area contributed by atoms with E-state index < -0.39 is 0 Å². The first-order valence-corrected chi connectivity index (χ1v) is 9.42. The van der Waals surface area contributed by atoms with E-state index in [4.69, 9.17) is 0 Å². The molecule has 0 aliphatic heterocycles. The van der Waals surface area contributed by atoms with Crippen molar-refractivity contribution in [3.63, 3.8) is 0 Å². The lowest BCUT2D eigenvalue weighted by Gasteiger charge is -2.22. The summed E-state index contributed by atoms with van der Waals surface area (Å²) in [5.41, 5.74) is 4.04. The zero-order chi connectivity index (χ0) is 20.7. The van der Waals surface area contributed by atoms with Crippen molar-refractivity contribution >= 4 is 23.3 Å². The predicted octanol–water partition coefficient (Wildman–Crippen LogP) is 3.26. The maximum atomic E-state index is 12.7. The number of anilines is 2. The van der Waals surface area contributed by atoms with Crippen molar-refractivity contribution in [3.8, 4) is 0 Å². The molecule has 2 N–H and O–H groups in total. The minimum atomic E-state index is -0.208. The van der Waals surface area contributed by atoms with Gasteiger partial charge in [-0.1, -0.05) is 0 Å². The Bertz CT molecular complexity index is 831. The fourth-order valence-corrected chi connectivity index (χ4v) is 2.81. The molecule has 0 aliphatic rings. The van der Waals surface area contributed by atoms with Crippen LogP contribution in [0, 0.1) is 6.92 Å². The number of urea groups is 1. The Hall–Kier alpha value is -3.09. The van der Waals surface area contributed by atoms with Gasteiger partial charge >= 0.3 is 6.03 Å². The third-order valence-electron chi connectivity index (χ3n) is 4.49. The fourth-order valence-electron chi connectivity index (χ4n) is 2.81. The van der Waals surface area contributed by atoms with Crippen molar-refractivity contribution in [3.05, 3.63) is 53.3 Å². The van der Waals surface area contributed by atoms with Gasteiger partial charge in [-0.25, -0.2) is 4.79 Å². The van der Waals surface area contributed by atoms with Crippen LogP contribution >= 0.6 is 0 Å². The lowest BCUT2D eigenvalue weighted by Crippen LogP contribution is -2.34. The summed E-state index contributed by atoms with van der Waals surface area (Å²) in [4.78, 5) is 32.2. The van der Waals surface area contributed by atoms with E-state index in [2.05, 4.69) is 40.4 Å². The zero-order valence-corrected chi connectivity index (χ0v) is 17.2. The van der Waals surface area contributed by atoms with Crippen molar-refractivity contribution < 1.29 is 9.59 Å². The number of nitrogens with zero attached hydrogens (tertiary/aromatic N) is 3. The molecule has 0 fully saturated rings. The number of hydrogen-bond donors (Lipinski definition) is 2. The average Bonchev–Trinajstić information content (AvgIpc) is 2.69. The van der Waals surface area contributed by atoms with Gasteiger partial charge in [0.1, 0.15) is 0 Å². The summed E-state index contributed by atoms with van der Waals surface area (Å²) in [7, 11) is 3.33. The van der Waals surface area contributed by atoms with Gasteiger partial charge in [0, 0.05) is 50.3 Å². The number of rotatable bonds is 7. The van der Waals surface area contributed by atoms with Crippen LogP contribution in [-0.2, 0) is 6.54 Å². The van der Waals surface area contributed by atoms with Gasteiger partial charge in [0.25, 0.3) is 5.91 Å². The second-order valence-corrected chi connectivity index (χ2v) is 6.71. The van der Waals surface area contributed by atoms with Crippen LogP contribution in [-0.4, -0.2) is 49.0 Å². The molecule has 0 spiro atoms. The Labute approximate surface area is 166 Å². The molecule has 0 bridgehead atoms. The van der Waals surface area contributed by atoms with Crippen molar-refractivity contribution in [1.82, 2.24) is 15.2 Å². The summed E-state index contributed by atoms with van der Waals surface area (Å²) in [6.45, 7) is 8.36. The molecule has 150 valence electrons. The monoisotopic (exact) mass is 383 g/mol. The summed E-state index contributed by atoms with van der Waals surface area (Å²) < 4.78 is 0. The number of hydrogen-bond acceptors (Lipinski definition) is 4. The molecule has 3 amide bonds. The first-order chi connectivity index (χ1) is 13.3. The van der Waals surface area contributed by atoms with E-state index in [1.807, 2.05) is 19.1 Å². The normalized spacial score (nSPS) is 10.3. The number of carbonyl (C=O) groups excluding carboxylic acids is 2. The molecule has 7 heteroatoms. The number of amides is 3. The third kappa shape index (κ3) is 5.45. The highest BCUT2D eigenvalue weighted by molar-refractivity contribution is 6.04. The molecular formula is C21H29N5O2. The summed E-state index contributed by atoms with van der Waals surface area (Å²) in [5, 5.41) is 5.70. The van der Waals surface area contributed by atoms with Gasteiger partial charge < -0.3 is 20.4 Å². The Morgan fingerprint density at radius 2 is 1.79 bits per heavy atom. The maximum Gasteiger partial charge on any atom is 0.317 e. The number of benzene rings is 1. The van der Waals surface area contributed by atoms with E-state index in [1.54, 1.807) is 32.4 Å². The molecule has 0 radical (unpaired) electrons. The lowest BCUT2D eigenvalue weighted by molar-refractivity contribution is 0.102. The summed E-state index contributed by atoms with van der Waals surface area (Å²) in [5.74, 6) is -0.207. The first-order valence-electron chi connectivity index (χ1n) is 9.42. The topological polar surface area (TPSA) is 77.6 Å². The van der Waals surface area contributed by atoms with E-state index in [9.17, 15) is 9.59 Å². The number of aromatic nitrogens is 1. The smallest absolute Gasteiger partial charge is 0.317 e. The van der Waals surface area contributed by atoms with Crippen LogP contribution in [0.15, 0.2) is 36.5 Å². The highest BCUT2D eigenvalue weighted by Gasteiger charge is 2.11. The van der Waals surface area contributed by atoms with Crippen molar-refractivity contribution in [2.45, 2.75) is 27.3 Å². The van der Waals surface area contributed by atoms with E-state index in [0.29, 0.717) is 11.3 Å². The van der Waals surface area contributed by atoms with Crippen LogP contribution in [0.2, 0.25) is 0 Å². The van der Waals surface area contributed by atoms with Gasteiger partial charge in [-0.05, 0) is 56.7 Å². The van der Waals surface area contributed by atoms with E-state index in [-0.39, 0.29) is 18.5 Å². The molecule has 0 saturated carbocycles. The van der Waals surface area contributed by atoms with Crippen molar-refractivity contribution in [2.24, 2.45) is 0 Å². The molecule has 1 aromatic heterocycles. The number of pyridine rings is 1.